The van der Waals surface area contributed by atoms with Crippen LogP contribution < -0.4 is 5.45 Å². The predicted octanol–water partition coefficient (Wildman–Crippen LogP) is 10.5. The molecule has 0 spiro atoms. The number of para-hydroxylation sites is 3. The van der Waals surface area contributed by atoms with Crippen LogP contribution in [0.4, 0.5) is 0 Å². The number of fused-ring (bicyclic) bond motifs is 6. The normalized spacial score (nSPS) is 12.7. The predicted molar refractivity (Wildman–Crippen MR) is 192 cm³/mol. The number of benzene rings is 4. The second-order valence-corrected chi connectivity index (χ2v) is 19.3. The van der Waals surface area contributed by atoms with Gasteiger partial charge in [0, 0.05) is 22.4 Å². The van der Waals surface area contributed by atoms with Crippen LogP contribution in [-0.2, 0) is 0 Å². The van der Waals surface area contributed by atoms with Crippen LogP contribution in [0.5, 0.6) is 0 Å². The van der Waals surface area contributed by atoms with Crippen LogP contribution in [-0.4, -0.2) is 27.6 Å². The average Bonchev–Trinajstić information content (AvgIpc) is 3.58. The molecule has 0 atom stereocenters. The van der Waals surface area contributed by atoms with Gasteiger partial charge in [0.05, 0.1) is 22.3 Å². The zero-order valence-corrected chi connectivity index (χ0v) is 28.9. The molecular formula is C39H42N4OSi. The van der Waals surface area contributed by atoms with Gasteiger partial charge in [-0.1, -0.05) is 104 Å². The number of hydrogen-bond donors (Lipinski definition) is 0. The molecule has 0 aliphatic rings. The molecule has 5 nitrogen and oxygen atoms in total. The summed E-state index contributed by atoms with van der Waals surface area (Å²) in [5.41, 5.74) is 11.8. The van der Waals surface area contributed by atoms with Gasteiger partial charge in [-0.15, -0.1) is 0 Å². The van der Waals surface area contributed by atoms with E-state index in [2.05, 4.69) is 132 Å². The smallest absolute Gasteiger partial charge is 0.161 e. The molecule has 6 heteroatoms. The number of hydrogen-bond acceptors (Lipinski definition) is 4. The van der Waals surface area contributed by atoms with E-state index < -0.39 is 8.07 Å². The van der Waals surface area contributed by atoms with Crippen molar-refractivity contribution in [3.05, 3.63) is 89.6 Å². The van der Waals surface area contributed by atoms with E-state index in [1.807, 2.05) is 6.20 Å². The summed E-state index contributed by atoms with van der Waals surface area (Å²) in [7, 11) is -1.72. The topological polar surface area (TPSA) is 56.7 Å². The minimum Gasteiger partial charge on any atom is -0.453 e. The summed E-state index contributed by atoms with van der Waals surface area (Å²) in [5.74, 6) is 2.00. The molecule has 3 aromatic heterocycles. The van der Waals surface area contributed by atoms with Gasteiger partial charge >= 0.3 is 0 Å². The molecule has 45 heavy (non-hydrogen) atoms. The SMILES string of the molecule is CC(C)c1cc(C(C)C)c(-n2c(-c3cccc4c3oc3c4ccc4cnc([Si](C)(C)C)nc43)nc3ccccc32)c(C(C)C)c1. The van der Waals surface area contributed by atoms with Crippen molar-refractivity contribution >= 4 is 57.4 Å². The molecule has 0 amide bonds. The quantitative estimate of drug-likeness (QED) is 0.176. The Bertz CT molecular complexity index is 2220. The Hall–Kier alpha value is -4.29. The Morgan fingerprint density at radius 1 is 0.711 bits per heavy atom. The average molecular weight is 611 g/mol. The molecule has 0 radical (unpaired) electrons. The summed E-state index contributed by atoms with van der Waals surface area (Å²) < 4.78 is 9.28. The molecule has 0 saturated carbocycles. The Balaban J connectivity index is 1.59. The van der Waals surface area contributed by atoms with Crippen molar-refractivity contribution in [1.82, 2.24) is 19.5 Å². The molecule has 0 bridgehead atoms. The zero-order valence-electron chi connectivity index (χ0n) is 27.9. The fraction of sp³-hybridized carbons (Fsp3) is 0.308. The van der Waals surface area contributed by atoms with Crippen LogP contribution >= 0.6 is 0 Å². The van der Waals surface area contributed by atoms with E-state index in [4.69, 9.17) is 19.4 Å². The standard InChI is InChI=1S/C39H42N4OSi/c1-22(2)26-19-30(23(3)4)35(31(20-26)24(5)6)43-33-16-11-10-15-32(33)41-38(43)29-14-12-13-27-28-18-17-25-21-40-39(45(7,8)9)42-34(25)37(28)44-36(27)29/h10-24H,1-9H3. The van der Waals surface area contributed by atoms with Gasteiger partial charge in [0.1, 0.15) is 30.4 Å². The van der Waals surface area contributed by atoms with E-state index in [0.29, 0.717) is 17.8 Å². The van der Waals surface area contributed by atoms with E-state index in [9.17, 15) is 0 Å². The number of rotatable bonds is 6. The second-order valence-electron chi connectivity index (χ2n) is 14.4. The van der Waals surface area contributed by atoms with E-state index >= 15 is 0 Å². The minimum atomic E-state index is -1.72. The third kappa shape index (κ3) is 4.78. The van der Waals surface area contributed by atoms with Gasteiger partial charge < -0.3 is 4.42 Å². The minimum absolute atomic E-state index is 0.332. The Labute approximate surface area is 266 Å². The summed E-state index contributed by atoms with van der Waals surface area (Å²) in [6.07, 6.45) is 1.95. The molecular weight excluding hydrogens is 569 g/mol. The lowest BCUT2D eigenvalue weighted by Crippen LogP contribution is -2.42. The largest absolute Gasteiger partial charge is 0.453 e. The lowest BCUT2D eigenvalue weighted by atomic mass is 9.87. The van der Waals surface area contributed by atoms with Gasteiger partial charge in [-0.25, -0.2) is 15.0 Å². The fourth-order valence-corrected chi connectivity index (χ4v) is 7.39. The number of nitrogens with zero attached hydrogens (tertiary/aromatic N) is 4. The zero-order chi connectivity index (χ0) is 31.8. The Kier molecular flexibility index (Phi) is 6.97. The number of furan rings is 1. The van der Waals surface area contributed by atoms with Crippen LogP contribution in [0.15, 0.2) is 77.3 Å². The molecule has 0 aliphatic heterocycles. The monoisotopic (exact) mass is 610 g/mol. The first kappa shape index (κ1) is 29.4. The van der Waals surface area contributed by atoms with Crippen molar-refractivity contribution in [2.45, 2.75) is 78.9 Å². The van der Waals surface area contributed by atoms with E-state index in [1.54, 1.807) is 0 Å². The highest BCUT2D eigenvalue weighted by atomic mass is 28.3. The summed E-state index contributed by atoms with van der Waals surface area (Å²) in [6, 6.07) is 24.0. The number of imidazole rings is 1. The van der Waals surface area contributed by atoms with Gasteiger partial charge in [-0.2, -0.15) is 0 Å². The lowest BCUT2D eigenvalue weighted by molar-refractivity contribution is 0.672. The molecule has 7 rings (SSSR count). The summed E-state index contributed by atoms with van der Waals surface area (Å²) in [4.78, 5) is 15.2. The highest BCUT2D eigenvalue weighted by molar-refractivity contribution is 6.87. The van der Waals surface area contributed by atoms with Crippen LogP contribution in [0.1, 0.15) is 76.0 Å². The van der Waals surface area contributed by atoms with Crippen molar-refractivity contribution in [2.75, 3.05) is 0 Å². The third-order valence-electron chi connectivity index (χ3n) is 9.01. The summed E-state index contributed by atoms with van der Waals surface area (Å²) >= 11 is 0. The fourth-order valence-electron chi connectivity index (χ4n) is 6.49. The van der Waals surface area contributed by atoms with Gasteiger partial charge in [-0.05, 0) is 58.7 Å². The highest BCUT2D eigenvalue weighted by Crippen LogP contribution is 2.42. The van der Waals surface area contributed by atoms with Crippen molar-refractivity contribution in [1.29, 1.82) is 0 Å². The summed E-state index contributed by atoms with van der Waals surface area (Å²) in [5, 5.41) is 3.12. The lowest BCUT2D eigenvalue weighted by Gasteiger charge is -2.25. The Morgan fingerprint density at radius 2 is 1.40 bits per heavy atom. The molecule has 0 fully saturated rings. The Morgan fingerprint density at radius 3 is 2.07 bits per heavy atom. The maximum Gasteiger partial charge on any atom is 0.161 e. The first-order valence-electron chi connectivity index (χ1n) is 16.2. The van der Waals surface area contributed by atoms with Gasteiger partial charge in [0.15, 0.2) is 5.58 Å². The van der Waals surface area contributed by atoms with Gasteiger partial charge in [-0.3, -0.25) is 4.57 Å². The summed E-state index contributed by atoms with van der Waals surface area (Å²) in [6.45, 7) is 20.6. The highest BCUT2D eigenvalue weighted by Gasteiger charge is 2.26. The van der Waals surface area contributed by atoms with Crippen molar-refractivity contribution < 1.29 is 4.42 Å². The van der Waals surface area contributed by atoms with Crippen molar-refractivity contribution in [3.63, 3.8) is 0 Å². The first-order chi connectivity index (χ1) is 21.4. The molecule has 0 unspecified atom stereocenters. The number of aromatic nitrogens is 4. The molecule has 7 aromatic rings. The van der Waals surface area contributed by atoms with Crippen LogP contribution in [0, 0.1) is 0 Å². The third-order valence-corrected chi connectivity index (χ3v) is 10.6. The molecule has 0 aliphatic carbocycles. The molecule has 0 saturated heterocycles. The van der Waals surface area contributed by atoms with Crippen LogP contribution in [0.25, 0.3) is 61.0 Å². The molecule has 4 aromatic carbocycles. The van der Waals surface area contributed by atoms with Crippen molar-refractivity contribution in [3.8, 4) is 17.1 Å². The van der Waals surface area contributed by atoms with Gasteiger partial charge in [0.2, 0.25) is 0 Å². The first-order valence-corrected chi connectivity index (χ1v) is 19.7. The molecule has 228 valence electrons. The maximum absolute atomic E-state index is 6.88. The van der Waals surface area contributed by atoms with Crippen molar-refractivity contribution in [2.24, 2.45) is 0 Å². The molecule has 0 N–H and O–H groups in total. The van der Waals surface area contributed by atoms with E-state index in [0.717, 1.165) is 60.7 Å². The van der Waals surface area contributed by atoms with E-state index in [-0.39, 0.29) is 0 Å². The molecule has 3 heterocycles. The van der Waals surface area contributed by atoms with Gasteiger partial charge in [0.25, 0.3) is 0 Å². The van der Waals surface area contributed by atoms with Crippen LogP contribution in [0.3, 0.4) is 0 Å². The second kappa shape index (κ2) is 10.7. The maximum atomic E-state index is 6.88. The van der Waals surface area contributed by atoms with E-state index in [1.165, 1.54) is 22.4 Å². The van der Waals surface area contributed by atoms with Crippen LogP contribution in [0.2, 0.25) is 19.6 Å².